The van der Waals surface area contributed by atoms with Gasteiger partial charge in [0.05, 0.1) is 0 Å². The molecule has 0 fully saturated rings. The molecule has 0 amide bonds. The van der Waals surface area contributed by atoms with E-state index in [9.17, 15) is 0 Å². The Balaban J connectivity index is 0.00000144. The number of nitrogens with two attached hydrogens (primary N) is 1. The molecule has 1 heterocycles. The monoisotopic (exact) mass is 312 g/mol. The number of allylic oxidation sites excluding steroid dienone is 1. The van der Waals surface area contributed by atoms with Crippen molar-refractivity contribution < 1.29 is 0 Å². The first-order valence-electron chi connectivity index (χ1n) is 7.74. The maximum Gasteiger partial charge on any atom is 0.0444 e. The van der Waals surface area contributed by atoms with Crippen LogP contribution in [0.4, 0.5) is 11.4 Å². The molecule has 2 nitrogen and oxygen atoms in total. The number of para-hydroxylation sites is 1. The van der Waals surface area contributed by atoms with Crippen LogP contribution in [0.15, 0.2) is 48.5 Å². The number of halogens is 1. The van der Waals surface area contributed by atoms with Crippen LogP contribution in [0.3, 0.4) is 0 Å². The van der Waals surface area contributed by atoms with Gasteiger partial charge in [-0.15, -0.1) is 12.4 Å². The highest BCUT2D eigenvalue weighted by molar-refractivity contribution is 5.85. The van der Waals surface area contributed by atoms with Gasteiger partial charge in [0.1, 0.15) is 0 Å². The summed E-state index contributed by atoms with van der Waals surface area (Å²) >= 11 is 0. The van der Waals surface area contributed by atoms with Gasteiger partial charge >= 0.3 is 0 Å². The summed E-state index contributed by atoms with van der Waals surface area (Å²) in [4.78, 5) is 2.44. The third-order valence-corrected chi connectivity index (χ3v) is 4.66. The van der Waals surface area contributed by atoms with E-state index >= 15 is 0 Å². The highest BCUT2D eigenvalue weighted by atomic mass is 35.5. The van der Waals surface area contributed by atoms with Gasteiger partial charge in [0.15, 0.2) is 0 Å². The highest BCUT2D eigenvalue weighted by Gasteiger charge is 2.21. The zero-order valence-corrected chi connectivity index (χ0v) is 13.4. The minimum atomic E-state index is 0. The number of anilines is 2. The lowest BCUT2D eigenvalue weighted by atomic mass is 9.90. The summed E-state index contributed by atoms with van der Waals surface area (Å²) in [6.07, 6.45) is 5.66. The van der Waals surface area contributed by atoms with Gasteiger partial charge in [-0.1, -0.05) is 30.3 Å². The van der Waals surface area contributed by atoms with Crippen LogP contribution in [-0.2, 0) is 12.8 Å². The van der Waals surface area contributed by atoms with E-state index in [1.807, 2.05) is 0 Å². The van der Waals surface area contributed by atoms with Crippen molar-refractivity contribution in [2.75, 3.05) is 18.0 Å². The van der Waals surface area contributed by atoms with Gasteiger partial charge in [-0.25, -0.2) is 0 Å². The Kier molecular flexibility index (Phi) is 4.23. The van der Waals surface area contributed by atoms with E-state index in [0.29, 0.717) is 6.54 Å². The topological polar surface area (TPSA) is 29.3 Å². The Morgan fingerprint density at radius 3 is 2.73 bits per heavy atom. The lowest BCUT2D eigenvalue weighted by Crippen LogP contribution is -2.15. The van der Waals surface area contributed by atoms with E-state index in [1.165, 1.54) is 33.6 Å². The van der Waals surface area contributed by atoms with Crippen LogP contribution in [0.25, 0.3) is 5.57 Å². The second-order valence-corrected chi connectivity index (χ2v) is 5.84. The van der Waals surface area contributed by atoms with Crippen molar-refractivity contribution in [2.45, 2.75) is 19.3 Å². The first-order valence-corrected chi connectivity index (χ1v) is 7.74. The van der Waals surface area contributed by atoms with Crippen molar-refractivity contribution in [3.63, 3.8) is 0 Å². The fourth-order valence-electron chi connectivity index (χ4n) is 3.58. The molecule has 0 unspecified atom stereocenters. The van der Waals surface area contributed by atoms with Crippen molar-refractivity contribution in [1.29, 1.82) is 0 Å². The van der Waals surface area contributed by atoms with Crippen LogP contribution in [0.2, 0.25) is 0 Å². The fourth-order valence-corrected chi connectivity index (χ4v) is 3.58. The maximum atomic E-state index is 5.86. The van der Waals surface area contributed by atoms with Crippen molar-refractivity contribution in [3.05, 3.63) is 65.2 Å². The first-order chi connectivity index (χ1) is 10.4. The number of hydrogen-bond acceptors (Lipinski definition) is 2. The average molecular weight is 313 g/mol. The van der Waals surface area contributed by atoms with Crippen LogP contribution in [0, 0.1) is 0 Å². The molecule has 22 heavy (non-hydrogen) atoms. The number of hydrogen-bond donors (Lipinski definition) is 1. The lowest BCUT2D eigenvalue weighted by Gasteiger charge is -2.23. The Morgan fingerprint density at radius 2 is 1.86 bits per heavy atom. The molecule has 1 aliphatic carbocycles. The van der Waals surface area contributed by atoms with E-state index in [-0.39, 0.29) is 12.4 Å². The summed E-state index contributed by atoms with van der Waals surface area (Å²) < 4.78 is 0. The number of fused-ring (bicyclic) bond motifs is 2. The van der Waals surface area contributed by atoms with Crippen LogP contribution in [0.5, 0.6) is 0 Å². The summed E-state index contributed by atoms with van der Waals surface area (Å²) in [6, 6.07) is 15.6. The van der Waals surface area contributed by atoms with Gasteiger partial charge in [0.25, 0.3) is 0 Å². The fraction of sp³-hybridized carbons (Fsp3) is 0.263. The van der Waals surface area contributed by atoms with Crippen molar-refractivity contribution in [2.24, 2.45) is 5.73 Å². The maximum absolute atomic E-state index is 5.86. The van der Waals surface area contributed by atoms with E-state index in [4.69, 9.17) is 5.73 Å². The first kappa shape index (κ1) is 15.1. The summed E-state index contributed by atoms with van der Waals surface area (Å²) in [5.41, 5.74) is 14.1. The third-order valence-electron chi connectivity index (χ3n) is 4.66. The lowest BCUT2D eigenvalue weighted by molar-refractivity contribution is 0.955. The summed E-state index contributed by atoms with van der Waals surface area (Å²) in [5.74, 6) is 0. The molecular formula is C19H21ClN2. The molecule has 3 heteroatoms. The standard InChI is InChI=1S/C19H20N2.ClH/c20-13-16-6-3-5-15-12-17(8-9-18(15)16)21-11-10-14-4-1-2-7-19(14)21;/h1-2,4,6-9,12H,3,5,10-11,13,20H2;1H. The Bertz CT molecular complexity index is 721. The molecule has 4 rings (SSSR count). The minimum Gasteiger partial charge on any atom is -0.341 e. The van der Waals surface area contributed by atoms with Gasteiger partial charge in [-0.3, -0.25) is 0 Å². The normalized spacial score (nSPS) is 15.7. The average Bonchev–Trinajstić information content (AvgIpc) is 2.97. The number of rotatable bonds is 2. The molecule has 0 spiro atoms. The van der Waals surface area contributed by atoms with E-state index in [2.05, 4.69) is 53.4 Å². The minimum absolute atomic E-state index is 0. The Labute approximate surface area is 138 Å². The van der Waals surface area contributed by atoms with Crippen LogP contribution < -0.4 is 10.6 Å². The third kappa shape index (κ3) is 2.43. The Morgan fingerprint density at radius 1 is 1.00 bits per heavy atom. The molecule has 0 saturated carbocycles. The molecular weight excluding hydrogens is 292 g/mol. The molecule has 0 atom stereocenters. The largest absolute Gasteiger partial charge is 0.341 e. The van der Waals surface area contributed by atoms with Crippen molar-refractivity contribution in [1.82, 2.24) is 0 Å². The number of benzene rings is 2. The molecule has 0 bridgehead atoms. The zero-order chi connectivity index (χ0) is 14.2. The van der Waals surface area contributed by atoms with E-state index in [0.717, 1.165) is 25.8 Å². The number of aryl methyl sites for hydroxylation is 1. The van der Waals surface area contributed by atoms with Crippen molar-refractivity contribution in [3.8, 4) is 0 Å². The van der Waals surface area contributed by atoms with Gasteiger partial charge in [0.2, 0.25) is 0 Å². The van der Waals surface area contributed by atoms with Gasteiger partial charge in [-0.05, 0) is 59.7 Å². The van der Waals surface area contributed by atoms with Crippen LogP contribution >= 0.6 is 12.4 Å². The van der Waals surface area contributed by atoms with Gasteiger partial charge in [-0.2, -0.15) is 0 Å². The predicted molar refractivity (Wildman–Crippen MR) is 96.2 cm³/mol. The van der Waals surface area contributed by atoms with Crippen LogP contribution in [0.1, 0.15) is 23.1 Å². The molecule has 1 aliphatic heterocycles. The van der Waals surface area contributed by atoms with Gasteiger partial charge < -0.3 is 10.6 Å². The molecule has 2 aliphatic rings. The predicted octanol–water partition coefficient (Wildman–Crippen LogP) is 4.09. The van der Waals surface area contributed by atoms with Crippen LogP contribution in [-0.4, -0.2) is 13.1 Å². The quantitative estimate of drug-likeness (QED) is 0.905. The summed E-state index contributed by atoms with van der Waals surface area (Å²) in [6.45, 7) is 1.72. The highest BCUT2D eigenvalue weighted by Crippen LogP contribution is 2.36. The second kappa shape index (κ2) is 6.15. The van der Waals surface area contributed by atoms with E-state index in [1.54, 1.807) is 0 Å². The smallest absolute Gasteiger partial charge is 0.0444 e. The summed E-state index contributed by atoms with van der Waals surface area (Å²) in [7, 11) is 0. The van der Waals surface area contributed by atoms with E-state index < -0.39 is 0 Å². The summed E-state index contributed by atoms with van der Waals surface area (Å²) in [5, 5.41) is 0. The Hall–Kier alpha value is -1.77. The molecule has 2 N–H and O–H groups in total. The van der Waals surface area contributed by atoms with Crippen molar-refractivity contribution >= 4 is 29.4 Å². The second-order valence-electron chi connectivity index (χ2n) is 5.84. The van der Waals surface area contributed by atoms with Gasteiger partial charge in [0, 0.05) is 24.5 Å². The molecule has 2 aromatic carbocycles. The zero-order valence-electron chi connectivity index (χ0n) is 12.6. The SMILES string of the molecule is Cl.NCC1=CCCc2cc(N3CCc4ccccc43)ccc21. The molecule has 114 valence electrons. The number of nitrogens with zero attached hydrogens (tertiary/aromatic N) is 1. The molecule has 2 aromatic rings. The molecule has 0 radical (unpaired) electrons. The molecule has 0 aromatic heterocycles. The molecule has 0 saturated heterocycles.